The van der Waals surface area contributed by atoms with Crippen LogP contribution in [0.25, 0.3) is 5.57 Å². The molecule has 0 saturated heterocycles. The van der Waals surface area contributed by atoms with Crippen molar-refractivity contribution in [2.75, 3.05) is 12.9 Å². The first-order chi connectivity index (χ1) is 13.7. The lowest BCUT2D eigenvalue weighted by atomic mass is 9.93. The van der Waals surface area contributed by atoms with Gasteiger partial charge in [-0.2, -0.15) is 0 Å². The molecule has 0 N–H and O–H groups in total. The molecule has 142 valence electrons. The topological polar surface area (TPSA) is 66.2 Å². The molecule has 28 heavy (non-hydrogen) atoms. The van der Waals surface area contributed by atoms with Gasteiger partial charge in [-0.05, 0) is 34.9 Å². The second kappa shape index (κ2) is 7.90. The number of hydrogen-bond acceptors (Lipinski definition) is 6. The van der Waals surface area contributed by atoms with Gasteiger partial charge in [0.05, 0.1) is 12.7 Å². The molecule has 1 aromatic heterocycles. The van der Waals surface area contributed by atoms with E-state index in [1.165, 1.54) is 7.11 Å². The molecule has 7 heteroatoms. The van der Waals surface area contributed by atoms with Crippen molar-refractivity contribution in [1.29, 1.82) is 0 Å². The van der Waals surface area contributed by atoms with Crippen molar-refractivity contribution in [3.63, 3.8) is 0 Å². The number of aromatic nitrogens is 3. The summed E-state index contributed by atoms with van der Waals surface area (Å²) in [6.45, 7) is 0.481. The van der Waals surface area contributed by atoms with E-state index in [-0.39, 0.29) is 5.97 Å². The van der Waals surface area contributed by atoms with E-state index in [0.29, 0.717) is 17.9 Å². The highest BCUT2D eigenvalue weighted by Gasteiger charge is 2.21. The third-order valence-corrected chi connectivity index (χ3v) is 5.51. The van der Waals surface area contributed by atoms with Crippen molar-refractivity contribution in [2.24, 2.45) is 7.05 Å². The van der Waals surface area contributed by atoms with Crippen molar-refractivity contribution in [3.8, 4) is 5.75 Å². The summed E-state index contributed by atoms with van der Waals surface area (Å²) in [6.07, 6.45) is 3.83. The maximum atomic E-state index is 12.0. The quantitative estimate of drug-likeness (QED) is 0.497. The molecular formula is C21H19N3O3S. The number of aryl methyl sites for hydroxylation is 1. The zero-order valence-electron chi connectivity index (χ0n) is 15.6. The van der Waals surface area contributed by atoms with Crippen LogP contribution < -0.4 is 4.74 Å². The van der Waals surface area contributed by atoms with E-state index < -0.39 is 0 Å². The van der Waals surface area contributed by atoms with Crippen LogP contribution in [0.3, 0.4) is 0 Å². The van der Waals surface area contributed by atoms with Crippen LogP contribution in [0, 0.1) is 0 Å². The minimum atomic E-state index is -0.367. The van der Waals surface area contributed by atoms with E-state index in [1.54, 1.807) is 24.2 Å². The van der Waals surface area contributed by atoms with Gasteiger partial charge < -0.3 is 14.0 Å². The zero-order chi connectivity index (χ0) is 19.5. The Morgan fingerprint density at radius 2 is 2.14 bits per heavy atom. The molecule has 0 amide bonds. The standard InChI is InChI=1S/C21H19N3O3S/c1-24-13-22-23-21(24)28-10-9-17-16-6-4-3-5-15(16)12-27-19-8-7-14(11-18(17)19)20(25)26-2/h3-9,11,13H,10,12H2,1-2H3/b17-9+. The van der Waals surface area contributed by atoms with Crippen LogP contribution in [0.2, 0.25) is 0 Å². The van der Waals surface area contributed by atoms with Gasteiger partial charge >= 0.3 is 5.97 Å². The maximum absolute atomic E-state index is 12.0. The number of fused-ring (bicyclic) bond motifs is 2. The lowest BCUT2D eigenvalue weighted by Gasteiger charge is -2.12. The summed E-state index contributed by atoms with van der Waals surface area (Å²) in [5, 5.41) is 8.88. The number of esters is 1. The van der Waals surface area contributed by atoms with Gasteiger partial charge in [0.1, 0.15) is 18.7 Å². The minimum absolute atomic E-state index is 0.367. The monoisotopic (exact) mass is 393 g/mol. The van der Waals surface area contributed by atoms with Gasteiger partial charge in [-0.15, -0.1) is 10.2 Å². The lowest BCUT2D eigenvalue weighted by Crippen LogP contribution is -2.02. The summed E-state index contributed by atoms with van der Waals surface area (Å²) in [4.78, 5) is 12.0. The molecule has 0 atom stereocenters. The van der Waals surface area contributed by atoms with Crippen molar-refractivity contribution in [3.05, 3.63) is 77.1 Å². The molecule has 0 unspecified atom stereocenters. The summed E-state index contributed by atoms with van der Waals surface area (Å²) in [7, 11) is 3.30. The van der Waals surface area contributed by atoms with E-state index in [9.17, 15) is 4.79 Å². The van der Waals surface area contributed by atoms with Crippen molar-refractivity contribution in [2.45, 2.75) is 11.8 Å². The maximum Gasteiger partial charge on any atom is 0.337 e. The normalized spacial score (nSPS) is 14.0. The van der Waals surface area contributed by atoms with Crippen LogP contribution in [-0.4, -0.2) is 33.6 Å². The number of nitrogens with zero attached hydrogens (tertiary/aromatic N) is 3. The Bertz CT molecular complexity index is 1060. The molecule has 2 aromatic carbocycles. The Labute approximate surface area is 167 Å². The van der Waals surface area contributed by atoms with E-state index in [1.807, 2.05) is 35.9 Å². The number of hydrogen-bond donors (Lipinski definition) is 0. The number of ether oxygens (including phenoxy) is 2. The molecule has 0 bridgehead atoms. The second-order valence-electron chi connectivity index (χ2n) is 6.30. The van der Waals surface area contributed by atoms with Crippen LogP contribution in [0.5, 0.6) is 5.75 Å². The number of carbonyl (C=O) groups is 1. The van der Waals surface area contributed by atoms with Crippen LogP contribution in [-0.2, 0) is 18.4 Å². The zero-order valence-corrected chi connectivity index (χ0v) is 16.4. The average Bonchev–Trinajstić information content (AvgIpc) is 3.06. The van der Waals surface area contributed by atoms with Gasteiger partial charge in [-0.25, -0.2) is 4.79 Å². The first kappa shape index (κ1) is 18.3. The molecule has 1 aliphatic rings. The Kier molecular flexibility index (Phi) is 5.16. The predicted molar refractivity (Wildman–Crippen MR) is 107 cm³/mol. The largest absolute Gasteiger partial charge is 0.488 e. The fourth-order valence-corrected chi connectivity index (χ4v) is 3.90. The molecule has 0 radical (unpaired) electrons. The number of benzene rings is 2. The predicted octanol–water partition coefficient (Wildman–Crippen LogP) is 3.72. The summed E-state index contributed by atoms with van der Waals surface area (Å²) in [6, 6.07) is 13.6. The number of thioether (sulfide) groups is 1. The van der Waals surface area contributed by atoms with Gasteiger partial charge in [0.15, 0.2) is 5.16 Å². The van der Waals surface area contributed by atoms with Gasteiger partial charge in [0.2, 0.25) is 0 Å². The molecule has 3 aromatic rings. The molecule has 2 heterocycles. The summed E-state index contributed by atoms with van der Waals surface area (Å²) < 4.78 is 12.8. The van der Waals surface area contributed by atoms with Gasteiger partial charge in [-0.3, -0.25) is 0 Å². The number of methoxy groups -OCH3 is 1. The molecule has 0 spiro atoms. The fourth-order valence-electron chi connectivity index (χ4n) is 3.14. The molecule has 0 saturated carbocycles. The van der Waals surface area contributed by atoms with Gasteiger partial charge in [0, 0.05) is 18.4 Å². The Balaban J connectivity index is 1.77. The third-order valence-electron chi connectivity index (χ3n) is 4.55. The van der Waals surface area contributed by atoms with E-state index >= 15 is 0 Å². The Morgan fingerprint density at radius 1 is 1.29 bits per heavy atom. The molecule has 6 nitrogen and oxygen atoms in total. The second-order valence-corrected chi connectivity index (χ2v) is 7.29. The van der Waals surface area contributed by atoms with Crippen LogP contribution >= 0.6 is 11.8 Å². The molecule has 1 aliphatic heterocycles. The third kappa shape index (κ3) is 3.53. The van der Waals surface area contributed by atoms with Crippen molar-refractivity contribution in [1.82, 2.24) is 14.8 Å². The molecule has 4 rings (SSSR count). The summed E-state index contributed by atoms with van der Waals surface area (Å²) >= 11 is 1.60. The first-order valence-corrected chi connectivity index (χ1v) is 9.76. The highest BCUT2D eigenvalue weighted by atomic mass is 32.2. The van der Waals surface area contributed by atoms with Crippen LogP contribution in [0.1, 0.15) is 27.0 Å². The minimum Gasteiger partial charge on any atom is -0.488 e. The number of rotatable bonds is 4. The Hall–Kier alpha value is -3.06. The van der Waals surface area contributed by atoms with Crippen LogP contribution in [0.15, 0.2) is 60.0 Å². The van der Waals surface area contributed by atoms with E-state index in [4.69, 9.17) is 9.47 Å². The molecular weight excluding hydrogens is 374 g/mol. The lowest BCUT2D eigenvalue weighted by molar-refractivity contribution is 0.0600. The van der Waals surface area contributed by atoms with Crippen molar-refractivity contribution >= 4 is 23.3 Å². The molecule has 0 aliphatic carbocycles. The fraction of sp³-hybridized carbons (Fsp3) is 0.190. The van der Waals surface area contributed by atoms with Crippen molar-refractivity contribution < 1.29 is 14.3 Å². The Morgan fingerprint density at radius 3 is 2.93 bits per heavy atom. The summed E-state index contributed by atoms with van der Waals surface area (Å²) in [5.41, 5.74) is 4.61. The van der Waals surface area contributed by atoms with Gasteiger partial charge in [0.25, 0.3) is 0 Å². The highest BCUT2D eigenvalue weighted by molar-refractivity contribution is 7.99. The highest BCUT2D eigenvalue weighted by Crippen LogP contribution is 2.37. The van der Waals surface area contributed by atoms with Crippen LogP contribution in [0.4, 0.5) is 0 Å². The SMILES string of the molecule is COC(=O)c1ccc2c(c1)/C(=C/CSc1nncn1C)c1ccccc1CO2. The molecule has 0 fully saturated rings. The first-order valence-electron chi connectivity index (χ1n) is 8.78. The smallest absolute Gasteiger partial charge is 0.337 e. The van der Waals surface area contributed by atoms with Gasteiger partial charge in [-0.1, -0.05) is 42.1 Å². The summed E-state index contributed by atoms with van der Waals surface area (Å²) in [5.74, 6) is 1.09. The van der Waals surface area contributed by atoms with E-state index in [0.717, 1.165) is 33.2 Å². The average molecular weight is 393 g/mol. The number of carbonyl (C=O) groups excluding carboxylic acids is 1. The van der Waals surface area contributed by atoms with E-state index in [2.05, 4.69) is 28.4 Å².